The van der Waals surface area contributed by atoms with Gasteiger partial charge in [0.25, 0.3) is 0 Å². The third-order valence-corrected chi connectivity index (χ3v) is 3.61. The summed E-state index contributed by atoms with van der Waals surface area (Å²) in [6, 6.07) is 7.46. The summed E-state index contributed by atoms with van der Waals surface area (Å²) in [6.45, 7) is 10.8. The van der Waals surface area contributed by atoms with E-state index in [2.05, 4.69) is 34.6 Å². The normalized spacial score (nSPS) is 13.6. The van der Waals surface area contributed by atoms with Crippen molar-refractivity contribution in [2.24, 2.45) is 5.41 Å². The Morgan fingerprint density at radius 3 is 2.12 bits per heavy atom. The summed E-state index contributed by atoms with van der Waals surface area (Å²) >= 11 is 0. The molecule has 94 valence electrons. The van der Waals surface area contributed by atoms with Gasteiger partial charge in [-0.25, -0.2) is 0 Å². The van der Waals surface area contributed by atoms with Crippen LogP contribution in [0.2, 0.25) is 0 Å². The Morgan fingerprint density at radius 1 is 1.12 bits per heavy atom. The van der Waals surface area contributed by atoms with Gasteiger partial charge in [-0.1, -0.05) is 52.8 Å². The molecular formula is C14H22O2P+. The van der Waals surface area contributed by atoms with Crippen LogP contribution >= 0.6 is 8.03 Å². The largest absolute Gasteiger partial charge is 0.546 e. The lowest BCUT2D eigenvalue weighted by atomic mass is 9.72. The van der Waals surface area contributed by atoms with Crippen molar-refractivity contribution in [1.29, 1.82) is 0 Å². The molecule has 1 unspecified atom stereocenters. The fraction of sp³-hybridized carbons (Fsp3) is 0.571. The quantitative estimate of drug-likeness (QED) is 0.833. The highest BCUT2D eigenvalue weighted by molar-refractivity contribution is 7.47. The van der Waals surface area contributed by atoms with E-state index in [1.807, 2.05) is 18.2 Å². The lowest BCUT2D eigenvalue weighted by Gasteiger charge is -2.32. The zero-order valence-electron chi connectivity index (χ0n) is 11.3. The fourth-order valence-corrected chi connectivity index (χ4v) is 3.43. The third-order valence-electron chi connectivity index (χ3n) is 2.81. The van der Waals surface area contributed by atoms with E-state index in [1.54, 1.807) is 6.07 Å². The molecule has 1 atom stereocenters. The summed E-state index contributed by atoms with van der Waals surface area (Å²) in [5, 5.41) is 0.566. The van der Waals surface area contributed by atoms with E-state index in [0.29, 0.717) is 5.30 Å². The first kappa shape index (κ1) is 14.3. The van der Waals surface area contributed by atoms with Crippen LogP contribution in [0.3, 0.4) is 0 Å². The van der Waals surface area contributed by atoms with Gasteiger partial charge in [0, 0.05) is 5.56 Å². The lowest BCUT2D eigenvalue weighted by molar-refractivity contribution is 0.285. The van der Waals surface area contributed by atoms with Crippen molar-refractivity contribution in [3.8, 4) is 0 Å². The van der Waals surface area contributed by atoms with Gasteiger partial charge in [-0.3, -0.25) is 0 Å². The number of hydrogen-bond donors (Lipinski definition) is 1. The Labute approximate surface area is 105 Å². The van der Waals surface area contributed by atoms with E-state index in [0.717, 1.165) is 12.0 Å². The maximum absolute atomic E-state index is 11.4. The monoisotopic (exact) mass is 253 g/mol. The highest BCUT2D eigenvalue weighted by atomic mass is 31.1. The molecule has 1 aromatic rings. The summed E-state index contributed by atoms with van der Waals surface area (Å²) in [5.74, 6) is 0. The van der Waals surface area contributed by atoms with E-state index in [9.17, 15) is 9.46 Å². The molecule has 1 rings (SSSR count). The Kier molecular flexibility index (Phi) is 4.11. The van der Waals surface area contributed by atoms with Crippen molar-refractivity contribution in [2.75, 3.05) is 0 Å². The second-order valence-electron chi connectivity index (χ2n) is 6.41. The topological polar surface area (TPSA) is 37.3 Å². The van der Waals surface area contributed by atoms with Crippen molar-refractivity contribution in [3.63, 3.8) is 0 Å². The van der Waals surface area contributed by atoms with E-state index < -0.39 is 8.03 Å². The van der Waals surface area contributed by atoms with Crippen LogP contribution in [0.15, 0.2) is 24.3 Å². The zero-order chi connectivity index (χ0) is 13.3. The predicted octanol–water partition coefficient (Wildman–Crippen LogP) is 3.76. The van der Waals surface area contributed by atoms with Crippen LogP contribution in [0.4, 0.5) is 0 Å². The average molecular weight is 253 g/mol. The first-order chi connectivity index (χ1) is 7.63. The van der Waals surface area contributed by atoms with Crippen molar-refractivity contribution >= 4 is 13.3 Å². The molecule has 0 aliphatic carbocycles. The predicted molar refractivity (Wildman–Crippen MR) is 73.0 cm³/mol. The average Bonchev–Trinajstić information content (AvgIpc) is 2.14. The van der Waals surface area contributed by atoms with Gasteiger partial charge in [0.1, 0.15) is 0 Å². The van der Waals surface area contributed by atoms with E-state index in [-0.39, 0.29) is 10.8 Å². The standard InChI is InChI=1S/C14H21O2P/c1-13(2,3)10-14(4,5)11-8-6-7-9-12(11)17(15)16/h6-9H,10H2,1-5H3/p+1. The van der Waals surface area contributed by atoms with Crippen LogP contribution in [0, 0.1) is 5.41 Å². The van der Waals surface area contributed by atoms with E-state index in [1.165, 1.54) is 0 Å². The van der Waals surface area contributed by atoms with Gasteiger partial charge < -0.3 is 0 Å². The molecule has 0 heterocycles. The molecule has 0 bridgehead atoms. The van der Waals surface area contributed by atoms with Crippen molar-refractivity contribution in [1.82, 2.24) is 0 Å². The maximum Gasteiger partial charge on any atom is 0.546 e. The van der Waals surface area contributed by atoms with Crippen LogP contribution in [-0.4, -0.2) is 4.89 Å². The number of hydrogen-bond acceptors (Lipinski definition) is 1. The maximum atomic E-state index is 11.4. The molecule has 0 saturated carbocycles. The highest BCUT2D eigenvalue weighted by Crippen LogP contribution is 2.37. The van der Waals surface area contributed by atoms with Crippen LogP contribution in [0.1, 0.15) is 46.6 Å². The molecule has 2 nitrogen and oxygen atoms in total. The molecule has 0 aliphatic rings. The summed E-state index contributed by atoms with van der Waals surface area (Å²) in [6.07, 6.45) is 0.972. The number of rotatable bonds is 3. The van der Waals surface area contributed by atoms with Crippen LogP contribution < -0.4 is 5.30 Å². The summed E-state index contributed by atoms with van der Waals surface area (Å²) in [4.78, 5) is 9.38. The Bertz CT molecular complexity index is 416. The smallest absolute Gasteiger partial charge is 0.156 e. The van der Waals surface area contributed by atoms with Crippen LogP contribution in [0.25, 0.3) is 0 Å². The SMILES string of the molecule is CC(C)(C)CC(C)(C)c1ccccc1[P+](=O)O. The molecule has 0 aliphatic heterocycles. The second kappa shape index (κ2) is 4.88. The van der Waals surface area contributed by atoms with E-state index in [4.69, 9.17) is 0 Å². The Balaban J connectivity index is 3.19. The van der Waals surface area contributed by atoms with Crippen molar-refractivity contribution in [3.05, 3.63) is 29.8 Å². The van der Waals surface area contributed by atoms with Gasteiger partial charge >= 0.3 is 8.03 Å². The molecular weight excluding hydrogens is 231 g/mol. The minimum Gasteiger partial charge on any atom is -0.156 e. The molecule has 1 aromatic carbocycles. The van der Waals surface area contributed by atoms with Crippen LogP contribution in [0.5, 0.6) is 0 Å². The van der Waals surface area contributed by atoms with Gasteiger partial charge in [-0.2, -0.15) is 4.89 Å². The molecule has 17 heavy (non-hydrogen) atoms. The molecule has 1 N–H and O–H groups in total. The van der Waals surface area contributed by atoms with Crippen molar-refractivity contribution < 1.29 is 9.46 Å². The summed E-state index contributed by atoms with van der Waals surface area (Å²) in [5.41, 5.74) is 1.08. The van der Waals surface area contributed by atoms with Gasteiger partial charge in [0.05, 0.1) is 0 Å². The third kappa shape index (κ3) is 3.90. The number of benzene rings is 1. The Morgan fingerprint density at radius 2 is 1.65 bits per heavy atom. The molecule has 3 heteroatoms. The summed E-state index contributed by atoms with van der Waals surface area (Å²) in [7, 11) is -2.27. The van der Waals surface area contributed by atoms with E-state index >= 15 is 0 Å². The zero-order valence-corrected chi connectivity index (χ0v) is 12.2. The van der Waals surface area contributed by atoms with Gasteiger partial charge in [0.2, 0.25) is 5.30 Å². The van der Waals surface area contributed by atoms with Gasteiger partial charge in [-0.05, 0) is 27.9 Å². The lowest BCUT2D eigenvalue weighted by Crippen LogP contribution is -2.29. The van der Waals surface area contributed by atoms with Gasteiger partial charge in [0.15, 0.2) is 0 Å². The second-order valence-corrected chi connectivity index (χ2v) is 7.44. The molecule has 0 fully saturated rings. The van der Waals surface area contributed by atoms with Crippen LogP contribution in [-0.2, 0) is 9.98 Å². The summed E-state index contributed by atoms with van der Waals surface area (Å²) < 4.78 is 11.4. The Hall–Kier alpha value is -0.720. The highest BCUT2D eigenvalue weighted by Gasteiger charge is 2.34. The molecule has 0 aromatic heterocycles. The first-order valence-electron chi connectivity index (χ1n) is 5.89. The minimum absolute atomic E-state index is 0.0947. The fourth-order valence-electron chi connectivity index (χ4n) is 2.63. The molecule has 0 spiro atoms. The molecule has 0 amide bonds. The molecule has 0 radical (unpaired) electrons. The minimum atomic E-state index is -2.27. The van der Waals surface area contributed by atoms with Crippen molar-refractivity contribution in [2.45, 2.75) is 46.5 Å². The molecule has 0 saturated heterocycles. The van der Waals surface area contributed by atoms with Gasteiger partial charge in [-0.15, -0.1) is 0 Å². The first-order valence-corrected chi connectivity index (χ1v) is 7.10.